The Kier molecular flexibility index (Phi) is 4.95. The van der Waals surface area contributed by atoms with Gasteiger partial charge in [-0.1, -0.05) is 17.7 Å². The van der Waals surface area contributed by atoms with Crippen LogP contribution in [-0.2, 0) is 13.0 Å². The number of allylic oxidation sites excluding steroid dienone is 1. The van der Waals surface area contributed by atoms with Crippen LogP contribution in [0.5, 0.6) is 0 Å². The maximum Gasteiger partial charge on any atom is 0.287 e. The van der Waals surface area contributed by atoms with E-state index in [1.807, 2.05) is 0 Å². The van der Waals surface area contributed by atoms with Crippen molar-refractivity contribution in [2.75, 3.05) is 11.9 Å². The molecule has 2 aromatic heterocycles. The summed E-state index contributed by atoms with van der Waals surface area (Å²) in [6, 6.07) is 0. The van der Waals surface area contributed by atoms with E-state index in [-0.39, 0.29) is 10.6 Å². The van der Waals surface area contributed by atoms with Gasteiger partial charge in [0.2, 0.25) is 0 Å². The zero-order valence-electron chi connectivity index (χ0n) is 11.0. The molecule has 0 aliphatic rings. The molecule has 0 bridgehead atoms. The van der Waals surface area contributed by atoms with Crippen molar-refractivity contribution >= 4 is 17.3 Å². The number of aryl methyl sites for hydroxylation is 1. The van der Waals surface area contributed by atoms with Gasteiger partial charge in [0.15, 0.2) is 0 Å². The Morgan fingerprint density at radius 1 is 1.55 bits per heavy atom. The maximum absolute atomic E-state index is 11.9. The van der Waals surface area contributed by atoms with Crippen LogP contribution >= 0.6 is 11.6 Å². The van der Waals surface area contributed by atoms with E-state index >= 15 is 0 Å². The van der Waals surface area contributed by atoms with Crippen LogP contribution in [-0.4, -0.2) is 26.3 Å². The topological polar surface area (TPSA) is 75.6 Å². The van der Waals surface area contributed by atoms with Crippen molar-refractivity contribution in [1.82, 2.24) is 19.7 Å². The first kappa shape index (κ1) is 14.3. The predicted molar refractivity (Wildman–Crippen MR) is 79.1 cm³/mol. The molecule has 0 saturated carbocycles. The number of H-pyrrole nitrogens is 1. The van der Waals surface area contributed by atoms with Crippen molar-refractivity contribution in [2.24, 2.45) is 0 Å². The van der Waals surface area contributed by atoms with Gasteiger partial charge in [0.05, 0.1) is 18.4 Å². The van der Waals surface area contributed by atoms with Crippen molar-refractivity contribution in [3.8, 4) is 0 Å². The summed E-state index contributed by atoms with van der Waals surface area (Å²) in [5.41, 5.74) is 0.235. The van der Waals surface area contributed by atoms with Gasteiger partial charge < -0.3 is 10.3 Å². The minimum Gasteiger partial charge on any atom is -0.382 e. The van der Waals surface area contributed by atoms with E-state index in [4.69, 9.17) is 11.6 Å². The van der Waals surface area contributed by atoms with Gasteiger partial charge in [0.25, 0.3) is 5.56 Å². The molecular weight excluding hydrogens is 278 g/mol. The zero-order chi connectivity index (χ0) is 14.4. The van der Waals surface area contributed by atoms with Crippen LogP contribution in [0.3, 0.4) is 0 Å². The van der Waals surface area contributed by atoms with Crippen molar-refractivity contribution in [2.45, 2.75) is 19.4 Å². The number of anilines is 1. The fraction of sp³-hybridized carbons (Fsp3) is 0.308. The summed E-state index contributed by atoms with van der Waals surface area (Å²) in [5, 5.41) is 7.29. The van der Waals surface area contributed by atoms with Gasteiger partial charge in [-0.3, -0.25) is 4.79 Å². The zero-order valence-corrected chi connectivity index (χ0v) is 11.7. The van der Waals surface area contributed by atoms with Crippen LogP contribution in [0, 0.1) is 0 Å². The minimum atomic E-state index is -0.317. The summed E-state index contributed by atoms with van der Waals surface area (Å²) >= 11 is 6.02. The van der Waals surface area contributed by atoms with Gasteiger partial charge in [-0.15, -0.1) is 6.58 Å². The van der Waals surface area contributed by atoms with Gasteiger partial charge in [-0.25, -0.2) is 9.67 Å². The Morgan fingerprint density at radius 3 is 3.10 bits per heavy atom. The van der Waals surface area contributed by atoms with E-state index in [1.54, 1.807) is 24.7 Å². The number of aromatic nitrogens is 4. The van der Waals surface area contributed by atoms with E-state index in [9.17, 15) is 4.79 Å². The molecule has 0 radical (unpaired) electrons. The van der Waals surface area contributed by atoms with Gasteiger partial charge in [0.1, 0.15) is 10.8 Å². The highest BCUT2D eigenvalue weighted by Gasteiger charge is 2.07. The molecule has 20 heavy (non-hydrogen) atoms. The van der Waals surface area contributed by atoms with Crippen LogP contribution in [0.4, 0.5) is 5.69 Å². The number of hydrogen-bond acceptors (Lipinski definition) is 4. The maximum atomic E-state index is 11.9. The molecule has 2 heterocycles. The molecule has 0 saturated heterocycles. The first-order chi connectivity index (χ1) is 9.72. The second-order valence-corrected chi connectivity index (χ2v) is 4.59. The fourth-order valence-corrected chi connectivity index (χ4v) is 1.97. The number of nitrogens with zero attached hydrogens (tertiary/aromatic N) is 3. The third kappa shape index (κ3) is 3.48. The summed E-state index contributed by atoms with van der Waals surface area (Å²) in [4.78, 5) is 19.0. The highest BCUT2D eigenvalue weighted by Crippen LogP contribution is 2.15. The molecule has 0 fully saturated rings. The Morgan fingerprint density at radius 2 is 2.40 bits per heavy atom. The lowest BCUT2D eigenvalue weighted by Gasteiger charge is -2.08. The monoisotopic (exact) mass is 293 g/mol. The van der Waals surface area contributed by atoms with Crippen LogP contribution in [0.1, 0.15) is 12.2 Å². The van der Waals surface area contributed by atoms with Crippen LogP contribution in [0.25, 0.3) is 0 Å². The normalized spacial score (nSPS) is 10.4. The molecule has 7 heteroatoms. The molecule has 0 aliphatic carbocycles. The van der Waals surface area contributed by atoms with E-state index in [1.165, 1.54) is 4.68 Å². The minimum absolute atomic E-state index is 0.153. The van der Waals surface area contributed by atoms with E-state index in [0.717, 1.165) is 18.7 Å². The lowest BCUT2D eigenvalue weighted by Crippen LogP contribution is -2.23. The standard InChI is InChI=1S/C13H16ClN5O/c1-2-8-19-13(20)12(14)10(9-18-19)15-5-3-4-11-16-6-7-17-11/h2,6-7,9,15H,1,3-5,8H2,(H,16,17). The summed E-state index contributed by atoms with van der Waals surface area (Å²) in [7, 11) is 0. The third-order valence-corrected chi connectivity index (χ3v) is 3.11. The van der Waals surface area contributed by atoms with Crippen molar-refractivity contribution in [3.05, 3.63) is 52.4 Å². The highest BCUT2D eigenvalue weighted by atomic mass is 35.5. The predicted octanol–water partition coefficient (Wildman–Crippen LogP) is 1.85. The molecule has 2 rings (SSSR count). The summed E-state index contributed by atoms with van der Waals surface area (Å²) < 4.78 is 1.27. The average Bonchev–Trinajstić information content (AvgIpc) is 2.95. The van der Waals surface area contributed by atoms with Gasteiger partial charge in [-0.2, -0.15) is 5.10 Å². The SMILES string of the molecule is C=CCn1ncc(NCCCc2ncc[nH]2)c(Cl)c1=O. The van der Waals surface area contributed by atoms with Gasteiger partial charge in [0, 0.05) is 25.4 Å². The van der Waals surface area contributed by atoms with E-state index in [2.05, 4.69) is 27.0 Å². The van der Waals surface area contributed by atoms with Crippen molar-refractivity contribution in [3.63, 3.8) is 0 Å². The lowest BCUT2D eigenvalue weighted by molar-refractivity contribution is 0.652. The number of rotatable bonds is 7. The van der Waals surface area contributed by atoms with Crippen LogP contribution in [0.15, 0.2) is 36.0 Å². The Hall–Kier alpha value is -2.08. The number of aromatic amines is 1. The largest absolute Gasteiger partial charge is 0.382 e. The first-order valence-electron chi connectivity index (χ1n) is 6.31. The molecule has 2 N–H and O–H groups in total. The number of nitrogens with one attached hydrogen (secondary N) is 2. The second-order valence-electron chi connectivity index (χ2n) is 4.21. The molecule has 106 valence electrons. The Labute approximate surface area is 121 Å². The quantitative estimate of drug-likeness (QED) is 0.603. The molecule has 0 unspecified atom stereocenters. The molecule has 0 atom stereocenters. The molecule has 0 spiro atoms. The molecular formula is C13H16ClN5O. The van der Waals surface area contributed by atoms with Gasteiger partial charge in [-0.05, 0) is 6.42 Å². The Bertz CT molecular complexity index is 620. The number of hydrogen-bond donors (Lipinski definition) is 2. The van der Waals surface area contributed by atoms with Crippen molar-refractivity contribution < 1.29 is 0 Å². The third-order valence-electron chi connectivity index (χ3n) is 2.75. The number of imidazole rings is 1. The fourth-order valence-electron chi connectivity index (χ4n) is 1.75. The van der Waals surface area contributed by atoms with Crippen molar-refractivity contribution in [1.29, 1.82) is 0 Å². The number of halogens is 1. The smallest absolute Gasteiger partial charge is 0.287 e. The first-order valence-corrected chi connectivity index (χ1v) is 6.69. The highest BCUT2D eigenvalue weighted by molar-refractivity contribution is 6.32. The summed E-state index contributed by atoms with van der Waals surface area (Å²) in [6.07, 6.45) is 8.38. The average molecular weight is 294 g/mol. The second kappa shape index (κ2) is 6.91. The molecule has 0 aromatic carbocycles. The molecule has 2 aromatic rings. The van der Waals surface area contributed by atoms with Gasteiger partial charge >= 0.3 is 0 Å². The van der Waals surface area contributed by atoms with Crippen LogP contribution in [0.2, 0.25) is 5.02 Å². The lowest BCUT2D eigenvalue weighted by atomic mass is 10.3. The summed E-state index contributed by atoms with van der Waals surface area (Å²) in [5.74, 6) is 0.942. The Balaban J connectivity index is 1.91. The molecule has 0 amide bonds. The molecule has 6 nitrogen and oxygen atoms in total. The van der Waals surface area contributed by atoms with E-state index in [0.29, 0.717) is 18.8 Å². The summed E-state index contributed by atoms with van der Waals surface area (Å²) in [6.45, 7) is 4.60. The van der Waals surface area contributed by atoms with Crippen LogP contribution < -0.4 is 10.9 Å². The molecule has 0 aliphatic heterocycles. The van der Waals surface area contributed by atoms with E-state index < -0.39 is 0 Å².